The Labute approximate surface area is 136 Å². The molecule has 2 saturated heterocycles. The Morgan fingerprint density at radius 2 is 1.00 bits per heavy atom. The fraction of sp³-hybridized carbons (Fsp3) is 1.00. The van der Waals surface area contributed by atoms with Gasteiger partial charge in [0.05, 0.1) is 13.2 Å². The van der Waals surface area contributed by atoms with Crippen molar-refractivity contribution in [2.24, 2.45) is 0 Å². The van der Waals surface area contributed by atoms with Crippen LogP contribution in [0.4, 0.5) is 0 Å². The molecule has 0 radical (unpaired) electrons. The number of aliphatic hydroxyl groups excluding tert-OH is 7. The van der Waals surface area contributed by atoms with Gasteiger partial charge in [0, 0.05) is 0 Å². The molecule has 0 aromatic rings. The Kier molecular flexibility index (Phi) is 7.62. The predicted molar refractivity (Wildman–Crippen MR) is 73.9 cm³/mol. The van der Waals surface area contributed by atoms with Crippen molar-refractivity contribution in [2.45, 2.75) is 55.3 Å². The molecule has 2 aliphatic rings. The summed E-state index contributed by atoms with van der Waals surface area (Å²) >= 11 is 0. The monoisotopic (exact) mass is 390 g/mol. The molecule has 11 heteroatoms. The fourth-order valence-electron chi connectivity index (χ4n) is 2.29. The van der Waals surface area contributed by atoms with Crippen LogP contribution in [-0.2, 0) is 14.2 Å². The number of hydrogen-bond donors (Lipinski definition) is 7. The van der Waals surface area contributed by atoms with Crippen LogP contribution in [0.5, 0.6) is 0 Å². The SMILES string of the molecule is OC[C@H]1O[C@H](O[C@@H]2O[C@H](CO)[C@@H](O)[C@@H]2O)[C@H](O)[C@@H](O)[C@@H]1O.[GeH4]. The van der Waals surface area contributed by atoms with Gasteiger partial charge in [0.1, 0.15) is 42.7 Å². The second-order valence-electron chi connectivity index (χ2n) is 5.04. The van der Waals surface area contributed by atoms with E-state index in [4.69, 9.17) is 24.4 Å². The molecule has 7 N–H and O–H groups in total. The minimum absolute atomic E-state index is 0. The van der Waals surface area contributed by atoms with Crippen molar-refractivity contribution < 1.29 is 50.0 Å². The minimum atomic E-state index is -1.65. The van der Waals surface area contributed by atoms with Crippen molar-refractivity contribution in [1.29, 1.82) is 0 Å². The van der Waals surface area contributed by atoms with Gasteiger partial charge in [-0.05, 0) is 0 Å². The van der Waals surface area contributed by atoms with E-state index in [1.807, 2.05) is 0 Å². The summed E-state index contributed by atoms with van der Waals surface area (Å²) in [6, 6.07) is 0. The summed E-state index contributed by atoms with van der Waals surface area (Å²) in [5, 5.41) is 66.2. The first kappa shape index (κ1) is 20.2. The molecule has 2 aliphatic heterocycles. The van der Waals surface area contributed by atoms with E-state index >= 15 is 0 Å². The molecule has 0 spiro atoms. The quantitative estimate of drug-likeness (QED) is 0.230. The molecule has 22 heavy (non-hydrogen) atoms. The van der Waals surface area contributed by atoms with E-state index in [1.54, 1.807) is 0 Å². The predicted octanol–water partition coefficient (Wildman–Crippen LogP) is -6.21. The maximum absolute atomic E-state index is 9.77. The molecule has 0 bridgehead atoms. The van der Waals surface area contributed by atoms with Crippen LogP contribution in [0.2, 0.25) is 0 Å². The third-order valence-electron chi connectivity index (χ3n) is 3.62. The Bertz CT molecular complexity index is 345. The number of rotatable bonds is 4. The van der Waals surface area contributed by atoms with Crippen LogP contribution in [0.25, 0.3) is 0 Å². The summed E-state index contributed by atoms with van der Waals surface area (Å²) in [4.78, 5) is 0. The first-order chi connectivity index (χ1) is 9.90. The summed E-state index contributed by atoms with van der Waals surface area (Å²) in [5.74, 6) is 0. The fourth-order valence-corrected chi connectivity index (χ4v) is 2.29. The van der Waals surface area contributed by atoms with Gasteiger partial charge < -0.3 is 50.0 Å². The van der Waals surface area contributed by atoms with Crippen LogP contribution in [0.1, 0.15) is 0 Å². The Balaban J connectivity index is 0.00000242. The molecule has 0 saturated carbocycles. The van der Waals surface area contributed by atoms with E-state index in [0.717, 1.165) is 0 Å². The molecule has 0 amide bonds. The Hall–Kier alpha value is 0.143. The van der Waals surface area contributed by atoms with Crippen molar-refractivity contribution in [1.82, 2.24) is 0 Å². The third kappa shape index (κ3) is 3.79. The third-order valence-corrected chi connectivity index (χ3v) is 3.62. The summed E-state index contributed by atoms with van der Waals surface area (Å²) in [6.07, 6.45) is -12.8. The Morgan fingerprint density at radius 1 is 0.636 bits per heavy atom. The first-order valence-corrected chi connectivity index (χ1v) is 6.49. The van der Waals surface area contributed by atoms with E-state index in [-0.39, 0.29) is 17.6 Å². The number of hydrogen-bond acceptors (Lipinski definition) is 10. The zero-order chi connectivity index (χ0) is 15.7. The molecule has 132 valence electrons. The van der Waals surface area contributed by atoms with Gasteiger partial charge in [-0.2, -0.15) is 0 Å². The van der Waals surface area contributed by atoms with Crippen LogP contribution in [-0.4, -0.2) is 122 Å². The van der Waals surface area contributed by atoms with Gasteiger partial charge in [0.25, 0.3) is 0 Å². The standard InChI is InChI=1S/C11H20O10.GeH4/c12-1-3-5(14)7(16)9(18)11(19-3)21-10-8(17)6(15)4(2-13)20-10;/h3-18H,1-2H2;1H4/t3-,4-,5-,6-,7+,8+,9-,10+,11-;/m1./s1. The summed E-state index contributed by atoms with van der Waals surface area (Å²) < 4.78 is 15.3. The second kappa shape index (κ2) is 8.30. The molecule has 10 nitrogen and oxygen atoms in total. The molecule has 9 atom stereocenters. The van der Waals surface area contributed by atoms with Crippen LogP contribution in [0, 0.1) is 0 Å². The van der Waals surface area contributed by atoms with Gasteiger partial charge in [0.15, 0.2) is 12.6 Å². The molecule has 2 rings (SSSR count). The maximum atomic E-state index is 9.77. The van der Waals surface area contributed by atoms with Crippen LogP contribution in [0.3, 0.4) is 0 Å². The van der Waals surface area contributed by atoms with Crippen LogP contribution < -0.4 is 0 Å². The van der Waals surface area contributed by atoms with Gasteiger partial charge in [0.2, 0.25) is 0 Å². The molecule has 2 fully saturated rings. The average molecular weight is 389 g/mol. The van der Waals surface area contributed by atoms with Crippen LogP contribution in [0.15, 0.2) is 0 Å². The van der Waals surface area contributed by atoms with Gasteiger partial charge in [-0.25, -0.2) is 0 Å². The van der Waals surface area contributed by atoms with Crippen molar-refractivity contribution in [3.05, 3.63) is 0 Å². The van der Waals surface area contributed by atoms with Crippen molar-refractivity contribution in [2.75, 3.05) is 13.2 Å². The van der Waals surface area contributed by atoms with Crippen molar-refractivity contribution in [3.63, 3.8) is 0 Å². The number of aliphatic hydroxyl groups is 7. The molecule has 0 unspecified atom stereocenters. The van der Waals surface area contributed by atoms with E-state index in [1.165, 1.54) is 0 Å². The first-order valence-electron chi connectivity index (χ1n) is 6.49. The summed E-state index contributed by atoms with van der Waals surface area (Å²) in [5.41, 5.74) is 0. The van der Waals surface area contributed by atoms with Gasteiger partial charge in [-0.3, -0.25) is 0 Å². The van der Waals surface area contributed by atoms with Gasteiger partial charge >= 0.3 is 17.6 Å². The number of ether oxygens (including phenoxy) is 3. The Morgan fingerprint density at radius 3 is 1.41 bits per heavy atom. The van der Waals surface area contributed by atoms with Crippen LogP contribution >= 0.6 is 0 Å². The average Bonchev–Trinajstić information content (AvgIpc) is 2.75. The summed E-state index contributed by atoms with van der Waals surface area (Å²) in [6.45, 7) is -1.17. The molecule has 0 aromatic carbocycles. The molecular formula is C11H24GeO10. The van der Waals surface area contributed by atoms with E-state index in [0.29, 0.717) is 0 Å². The van der Waals surface area contributed by atoms with Crippen molar-refractivity contribution >= 4 is 17.6 Å². The second-order valence-corrected chi connectivity index (χ2v) is 5.04. The normalized spacial score (nSPS) is 49.0. The van der Waals surface area contributed by atoms with E-state index in [2.05, 4.69) is 0 Å². The van der Waals surface area contributed by atoms with Gasteiger partial charge in [-0.1, -0.05) is 0 Å². The van der Waals surface area contributed by atoms with E-state index in [9.17, 15) is 25.5 Å². The molecule has 0 aromatic heterocycles. The van der Waals surface area contributed by atoms with Gasteiger partial charge in [-0.15, -0.1) is 0 Å². The van der Waals surface area contributed by atoms with E-state index < -0.39 is 68.5 Å². The molecule has 2 heterocycles. The molecular weight excluding hydrogens is 365 g/mol. The zero-order valence-corrected chi connectivity index (χ0v) is 11.0. The van der Waals surface area contributed by atoms with Crippen molar-refractivity contribution in [3.8, 4) is 0 Å². The zero-order valence-electron chi connectivity index (χ0n) is 11.0. The summed E-state index contributed by atoms with van der Waals surface area (Å²) in [7, 11) is 0. The molecule has 0 aliphatic carbocycles. The topological polar surface area (TPSA) is 169 Å².